The third-order valence-electron chi connectivity index (χ3n) is 7.71. The number of rotatable bonds is 7. The summed E-state index contributed by atoms with van der Waals surface area (Å²) >= 11 is 0. The predicted molar refractivity (Wildman–Crippen MR) is 122 cm³/mol. The highest BCUT2D eigenvalue weighted by atomic mass is 19.1. The number of alkyl halides is 1. The van der Waals surface area contributed by atoms with Crippen LogP contribution < -0.4 is 10.2 Å². The molecule has 4 nitrogen and oxygen atoms in total. The fraction of sp³-hybridized carbons (Fsp3) is 0.577. The van der Waals surface area contributed by atoms with Crippen LogP contribution in [0.25, 0.3) is 0 Å². The molecule has 1 N–H and O–H groups in total. The Bertz CT molecular complexity index is 913. The molecule has 1 aliphatic carbocycles. The monoisotopic (exact) mass is 441 g/mol. The van der Waals surface area contributed by atoms with Crippen molar-refractivity contribution in [3.05, 3.63) is 59.7 Å². The normalized spacial score (nSPS) is 25.2. The van der Waals surface area contributed by atoms with Crippen LogP contribution in [0.15, 0.2) is 42.6 Å². The highest BCUT2D eigenvalue weighted by Crippen LogP contribution is 2.49. The van der Waals surface area contributed by atoms with Crippen LogP contribution in [0.5, 0.6) is 0 Å². The van der Waals surface area contributed by atoms with Crippen LogP contribution in [0.1, 0.15) is 56.2 Å². The molecule has 3 aliphatic rings. The van der Waals surface area contributed by atoms with Gasteiger partial charge in [0.1, 0.15) is 12.0 Å². The maximum absolute atomic E-state index is 14.6. The summed E-state index contributed by atoms with van der Waals surface area (Å²) in [5, 5.41) is 3.46. The Kier molecular flexibility index (Phi) is 6.17. The van der Waals surface area contributed by atoms with Crippen molar-refractivity contribution in [1.29, 1.82) is 0 Å². The maximum Gasteiger partial charge on any atom is 0.135 e. The van der Waals surface area contributed by atoms with E-state index < -0.39 is 6.17 Å². The Labute approximate surface area is 189 Å². The van der Waals surface area contributed by atoms with E-state index in [1.165, 1.54) is 18.9 Å². The summed E-state index contributed by atoms with van der Waals surface area (Å²) in [6.07, 6.45) is 8.83. The first-order valence-corrected chi connectivity index (χ1v) is 12.0. The number of nitrogens with one attached hydrogen (secondary N) is 1. The Morgan fingerprint density at radius 2 is 1.97 bits per heavy atom. The largest absolute Gasteiger partial charge is 0.375 e. The quantitative estimate of drug-likeness (QED) is 0.619. The second kappa shape index (κ2) is 9.06. The molecule has 1 spiro atoms. The van der Waals surface area contributed by atoms with E-state index in [4.69, 9.17) is 9.72 Å². The first-order valence-electron chi connectivity index (χ1n) is 12.0. The van der Waals surface area contributed by atoms with E-state index in [2.05, 4.69) is 17.4 Å². The van der Waals surface area contributed by atoms with Crippen molar-refractivity contribution < 1.29 is 13.5 Å². The number of hydrogen-bond acceptors (Lipinski definition) is 4. The number of halogens is 2. The molecule has 2 aromatic rings. The highest BCUT2D eigenvalue weighted by Gasteiger charge is 2.48. The van der Waals surface area contributed by atoms with Gasteiger partial charge in [0.15, 0.2) is 0 Å². The predicted octanol–water partition coefficient (Wildman–Crippen LogP) is 4.92. The van der Waals surface area contributed by atoms with Gasteiger partial charge in [-0.3, -0.25) is 4.98 Å². The van der Waals surface area contributed by atoms with Crippen molar-refractivity contribution in [2.45, 2.75) is 68.7 Å². The summed E-state index contributed by atoms with van der Waals surface area (Å²) in [5.41, 5.74) is 2.58. The smallest absolute Gasteiger partial charge is 0.135 e. The Morgan fingerprint density at radius 3 is 2.69 bits per heavy atom. The molecule has 1 saturated carbocycles. The first kappa shape index (κ1) is 21.8. The van der Waals surface area contributed by atoms with Crippen molar-refractivity contribution in [1.82, 2.24) is 10.3 Å². The van der Waals surface area contributed by atoms with Crippen LogP contribution in [-0.4, -0.2) is 43.0 Å². The Morgan fingerprint density at radius 1 is 1.12 bits per heavy atom. The van der Waals surface area contributed by atoms with E-state index in [0.717, 1.165) is 56.6 Å². The molecule has 6 heteroatoms. The van der Waals surface area contributed by atoms with Crippen LogP contribution in [0.3, 0.4) is 0 Å². The Hall–Kier alpha value is -2.05. The van der Waals surface area contributed by atoms with Gasteiger partial charge in [0.25, 0.3) is 0 Å². The second-order valence-corrected chi connectivity index (χ2v) is 9.87. The van der Waals surface area contributed by atoms with Gasteiger partial charge < -0.3 is 15.0 Å². The van der Waals surface area contributed by atoms with E-state index in [0.29, 0.717) is 25.2 Å². The third kappa shape index (κ3) is 4.40. The summed E-state index contributed by atoms with van der Waals surface area (Å²) in [6, 6.07) is 11.4. The molecule has 0 radical (unpaired) electrons. The fourth-order valence-corrected chi connectivity index (χ4v) is 5.86. The number of nitrogens with zero attached hydrogens (tertiary/aromatic N) is 2. The summed E-state index contributed by atoms with van der Waals surface area (Å²) in [5.74, 6) is -0.229. The van der Waals surface area contributed by atoms with Gasteiger partial charge in [-0.1, -0.05) is 25.0 Å². The summed E-state index contributed by atoms with van der Waals surface area (Å²) in [6.45, 7) is 2.78. The van der Waals surface area contributed by atoms with Gasteiger partial charge in [0, 0.05) is 41.7 Å². The van der Waals surface area contributed by atoms with Crippen molar-refractivity contribution in [2.24, 2.45) is 0 Å². The first-order chi connectivity index (χ1) is 15.6. The van der Waals surface area contributed by atoms with E-state index in [-0.39, 0.29) is 16.8 Å². The zero-order valence-electron chi connectivity index (χ0n) is 18.7. The zero-order chi connectivity index (χ0) is 22.0. The van der Waals surface area contributed by atoms with E-state index in [1.54, 1.807) is 0 Å². The topological polar surface area (TPSA) is 37.4 Å². The number of pyridine rings is 1. The van der Waals surface area contributed by atoms with E-state index >= 15 is 0 Å². The van der Waals surface area contributed by atoms with Crippen molar-refractivity contribution in [2.75, 3.05) is 31.1 Å². The van der Waals surface area contributed by atoms with E-state index in [1.807, 2.05) is 29.3 Å². The van der Waals surface area contributed by atoms with Gasteiger partial charge in [-0.05, 0) is 62.9 Å². The summed E-state index contributed by atoms with van der Waals surface area (Å²) in [4.78, 5) is 6.62. The molecule has 172 valence electrons. The van der Waals surface area contributed by atoms with E-state index in [9.17, 15) is 8.78 Å². The number of ether oxygens (including phenoxy) is 1. The molecule has 1 aromatic carbocycles. The summed E-state index contributed by atoms with van der Waals surface area (Å²) < 4.78 is 34.0. The van der Waals surface area contributed by atoms with Crippen LogP contribution in [0.2, 0.25) is 0 Å². The van der Waals surface area contributed by atoms with Crippen LogP contribution in [0.4, 0.5) is 14.5 Å². The lowest BCUT2D eigenvalue weighted by atomic mass is 9.68. The third-order valence-corrected chi connectivity index (χ3v) is 7.71. The molecule has 1 atom stereocenters. The molecule has 32 heavy (non-hydrogen) atoms. The maximum atomic E-state index is 14.6. The van der Waals surface area contributed by atoms with Crippen LogP contribution in [-0.2, 0) is 16.7 Å². The minimum atomic E-state index is -0.792. The molecule has 3 fully saturated rings. The molecule has 0 bridgehead atoms. The fourth-order valence-electron chi connectivity index (χ4n) is 5.86. The lowest BCUT2D eigenvalue weighted by Gasteiger charge is -2.46. The lowest BCUT2D eigenvalue weighted by Crippen LogP contribution is -2.48. The number of aromatic nitrogens is 1. The minimum Gasteiger partial charge on any atom is -0.375 e. The molecule has 3 heterocycles. The van der Waals surface area contributed by atoms with Gasteiger partial charge in [-0.15, -0.1) is 0 Å². The van der Waals surface area contributed by atoms with Crippen LogP contribution in [0, 0.1) is 5.82 Å². The average molecular weight is 442 g/mol. The van der Waals surface area contributed by atoms with Crippen molar-refractivity contribution >= 4 is 5.69 Å². The van der Waals surface area contributed by atoms with Gasteiger partial charge in [0.2, 0.25) is 0 Å². The molecule has 2 aliphatic heterocycles. The molecule has 1 aromatic heterocycles. The minimum absolute atomic E-state index is 0.000336. The molecular weight excluding hydrogens is 408 g/mol. The molecular formula is C26H33F2N3O. The molecule has 5 rings (SSSR count). The lowest BCUT2D eigenvalue weighted by molar-refractivity contribution is -0.104. The summed E-state index contributed by atoms with van der Waals surface area (Å²) in [7, 11) is 0. The van der Waals surface area contributed by atoms with Crippen molar-refractivity contribution in [3.8, 4) is 0 Å². The molecule has 2 saturated heterocycles. The zero-order valence-corrected chi connectivity index (χ0v) is 18.7. The SMILES string of the molecule is Fc1cc(N2CC(F)C2)ccc1CNCCC1(c2ccccn2)CCOC2(CCCC2)C1. The van der Waals surface area contributed by atoms with Gasteiger partial charge in [-0.25, -0.2) is 8.78 Å². The Balaban J connectivity index is 1.23. The highest BCUT2D eigenvalue weighted by molar-refractivity contribution is 5.50. The van der Waals surface area contributed by atoms with Gasteiger partial charge in [-0.2, -0.15) is 0 Å². The standard InChI is InChI=1S/C26H33F2N3O/c27-21-17-31(18-21)22-7-6-20(23(28)15-22)16-29-13-10-25(24-5-1-4-12-30-24)11-14-32-26(19-25)8-2-3-9-26/h1,4-7,12,15,21,29H,2-3,8-11,13-14,16-19H2. The average Bonchev–Trinajstić information content (AvgIpc) is 3.23. The number of benzene rings is 1. The number of anilines is 1. The number of hydrogen-bond donors (Lipinski definition) is 1. The van der Waals surface area contributed by atoms with Gasteiger partial charge in [0.05, 0.1) is 18.7 Å². The van der Waals surface area contributed by atoms with Gasteiger partial charge >= 0.3 is 0 Å². The second-order valence-electron chi connectivity index (χ2n) is 9.87. The van der Waals surface area contributed by atoms with Crippen LogP contribution >= 0.6 is 0 Å². The van der Waals surface area contributed by atoms with Crippen molar-refractivity contribution in [3.63, 3.8) is 0 Å². The molecule has 0 amide bonds. The molecule has 1 unspecified atom stereocenters.